The van der Waals surface area contributed by atoms with Gasteiger partial charge in [0.2, 0.25) is 0 Å². The molecule has 1 saturated carbocycles. The molecule has 2 aliphatic carbocycles. The molecule has 0 aliphatic heterocycles. The highest BCUT2D eigenvalue weighted by molar-refractivity contribution is 5.78. The number of rotatable bonds is 3. The third kappa shape index (κ3) is 2.11. The second-order valence-corrected chi connectivity index (χ2v) is 5.90. The molecule has 0 N–H and O–H groups in total. The second-order valence-electron chi connectivity index (χ2n) is 5.90. The smallest absolute Gasteiger partial charge is 0.315 e. The van der Waals surface area contributed by atoms with E-state index < -0.39 is 5.60 Å². The summed E-state index contributed by atoms with van der Waals surface area (Å²) in [6, 6.07) is 10.1. The van der Waals surface area contributed by atoms with Crippen LogP contribution in [-0.4, -0.2) is 20.2 Å². The largest absolute Gasteiger partial charge is 0.468 e. The molecule has 1 aromatic carbocycles. The molecule has 0 unspecified atom stereocenters. The number of methoxy groups -OCH3 is 2. The van der Waals surface area contributed by atoms with E-state index in [0.717, 1.165) is 18.4 Å². The lowest BCUT2D eigenvalue weighted by Gasteiger charge is -2.41. The van der Waals surface area contributed by atoms with Crippen molar-refractivity contribution in [3.8, 4) is 0 Å². The SMILES string of the molecule is COC(=O)[C@@H]1C=C2CCCC[C@@H]2[C@]1(OC)c1ccccc1. The molecule has 1 aromatic rings. The van der Waals surface area contributed by atoms with E-state index in [1.165, 1.54) is 25.5 Å². The van der Waals surface area contributed by atoms with Gasteiger partial charge in [0.05, 0.1) is 7.11 Å². The van der Waals surface area contributed by atoms with Gasteiger partial charge in [0.1, 0.15) is 11.5 Å². The summed E-state index contributed by atoms with van der Waals surface area (Å²) in [6.45, 7) is 0. The topological polar surface area (TPSA) is 35.5 Å². The molecule has 112 valence electrons. The second kappa shape index (κ2) is 5.64. The van der Waals surface area contributed by atoms with Gasteiger partial charge in [-0.05, 0) is 24.8 Å². The van der Waals surface area contributed by atoms with Crippen LogP contribution >= 0.6 is 0 Å². The highest BCUT2D eigenvalue weighted by Crippen LogP contribution is 2.54. The average Bonchev–Trinajstić information content (AvgIpc) is 2.90. The summed E-state index contributed by atoms with van der Waals surface area (Å²) < 4.78 is 11.1. The summed E-state index contributed by atoms with van der Waals surface area (Å²) in [5, 5.41) is 0. The van der Waals surface area contributed by atoms with E-state index in [2.05, 4.69) is 18.2 Å². The third-order valence-electron chi connectivity index (χ3n) is 5.03. The zero-order valence-corrected chi connectivity index (χ0v) is 12.7. The van der Waals surface area contributed by atoms with Crippen molar-refractivity contribution in [2.24, 2.45) is 11.8 Å². The maximum Gasteiger partial charge on any atom is 0.315 e. The van der Waals surface area contributed by atoms with Crippen molar-refractivity contribution in [1.82, 2.24) is 0 Å². The minimum atomic E-state index is -0.607. The van der Waals surface area contributed by atoms with Gasteiger partial charge in [0, 0.05) is 13.0 Å². The minimum Gasteiger partial charge on any atom is -0.468 e. The monoisotopic (exact) mass is 286 g/mol. The van der Waals surface area contributed by atoms with Crippen LogP contribution in [-0.2, 0) is 19.9 Å². The zero-order chi connectivity index (χ0) is 14.9. The van der Waals surface area contributed by atoms with Crippen LogP contribution in [0, 0.1) is 11.8 Å². The number of fused-ring (bicyclic) bond motifs is 1. The Labute approximate surface area is 125 Å². The normalized spacial score (nSPS) is 31.4. The predicted molar refractivity (Wildman–Crippen MR) is 80.7 cm³/mol. The summed E-state index contributed by atoms with van der Waals surface area (Å²) in [7, 11) is 3.17. The van der Waals surface area contributed by atoms with Crippen molar-refractivity contribution in [3.05, 3.63) is 47.5 Å². The fourth-order valence-electron chi connectivity index (χ4n) is 4.12. The molecule has 0 bridgehead atoms. The minimum absolute atomic E-state index is 0.206. The summed E-state index contributed by atoms with van der Waals surface area (Å²) in [5.41, 5.74) is 1.83. The predicted octanol–water partition coefficient (Wildman–Crippen LogP) is 3.45. The molecule has 3 nitrogen and oxygen atoms in total. The van der Waals surface area contributed by atoms with Gasteiger partial charge in [-0.25, -0.2) is 0 Å². The van der Waals surface area contributed by atoms with Crippen molar-refractivity contribution in [2.45, 2.75) is 31.3 Å². The maximum atomic E-state index is 12.4. The standard InChI is InChI=1S/C18H22O3/c1-20-17(19)16-12-13-8-6-7-11-15(13)18(16,21-2)14-9-4-3-5-10-14/h3-5,9-10,12,15-16H,6-8,11H2,1-2H3/t15-,16-,18+/m0/s1. The van der Waals surface area contributed by atoms with Gasteiger partial charge in [0.25, 0.3) is 0 Å². The van der Waals surface area contributed by atoms with E-state index in [1.54, 1.807) is 7.11 Å². The van der Waals surface area contributed by atoms with Crippen LogP contribution in [0.5, 0.6) is 0 Å². The zero-order valence-electron chi connectivity index (χ0n) is 12.7. The summed E-state index contributed by atoms with van der Waals surface area (Å²) >= 11 is 0. The lowest BCUT2D eigenvalue weighted by Crippen LogP contribution is -2.44. The van der Waals surface area contributed by atoms with Crippen LogP contribution < -0.4 is 0 Å². The number of ether oxygens (including phenoxy) is 2. The van der Waals surface area contributed by atoms with Crippen LogP contribution in [0.1, 0.15) is 31.2 Å². The number of carbonyl (C=O) groups is 1. The van der Waals surface area contributed by atoms with E-state index in [1.807, 2.05) is 18.2 Å². The Morgan fingerprint density at radius 3 is 2.62 bits per heavy atom. The van der Waals surface area contributed by atoms with E-state index in [0.29, 0.717) is 0 Å². The number of esters is 1. The van der Waals surface area contributed by atoms with E-state index in [4.69, 9.17) is 9.47 Å². The van der Waals surface area contributed by atoms with E-state index >= 15 is 0 Å². The number of hydrogen-bond donors (Lipinski definition) is 0. The first kappa shape index (κ1) is 14.3. The van der Waals surface area contributed by atoms with Gasteiger partial charge in [-0.15, -0.1) is 0 Å². The van der Waals surface area contributed by atoms with Crippen molar-refractivity contribution < 1.29 is 14.3 Å². The van der Waals surface area contributed by atoms with Crippen LogP contribution in [0.25, 0.3) is 0 Å². The average molecular weight is 286 g/mol. The lowest BCUT2D eigenvalue weighted by atomic mass is 9.71. The number of benzene rings is 1. The van der Waals surface area contributed by atoms with Crippen LogP contribution in [0.3, 0.4) is 0 Å². The lowest BCUT2D eigenvalue weighted by molar-refractivity contribution is -0.159. The summed E-state index contributed by atoms with van der Waals surface area (Å²) in [4.78, 5) is 12.4. The molecule has 0 aromatic heterocycles. The highest BCUT2D eigenvalue weighted by Gasteiger charge is 2.55. The fourth-order valence-corrected chi connectivity index (χ4v) is 4.12. The number of hydrogen-bond acceptors (Lipinski definition) is 3. The molecular weight excluding hydrogens is 264 g/mol. The first-order valence-electron chi connectivity index (χ1n) is 7.63. The molecule has 3 atom stereocenters. The van der Waals surface area contributed by atoms with Crippen molar-refractivity contribution >= 4 is 5.97 Å². The Balaban J connectivity index is 2.12. The van der Waals surface area contributed by atoms with Gasteiger partial charge in [-0.2, -0.15) is 0 Å². The number of carbonyl (C=O) groups excluding carboxylic acids is 1. The molecule has 3 heteroatoms. The van der Waals surface area contributed by atoms with E-state index in [-0.39, 0.29) is 17.8 Å². The Morgan fingerprint density at radius 2 is 1.95 bits per heavy atom. The van der Waals surface area contributed by atoms with Crippen LogP contribution in [0.4, 0.5) is 0 Å². The summed E-state index contributed by atoms with van der Waals surface area (Å²) in [6.07, 6.45) is 6.63. The molecule has 0 saturated heterocycles. The molecule has 3 rings (SSSR count). The first-order chi connectivity index (χ1) is 10.2. The molecular formula is C18H22O3. The van der Waals surface area contributed by atoms with Gasteiger partial charge in [0.15, 0.2) is 0 Å². The molecule has 0 heterocycles. The third-order valence-corrected chi connectivity index (χ3v) is 5.03. The van der Waals surface area contributed by atoms with Crippen molar-refractivity contribution in [2.75, 3.05) is 14.2 Å². The Kier molecular flexibility index (Phi) is 3.85. The quantitative estimate of drug-likeness (QED) is 0.630. The molecule has 21 heavy (non-hydrogen) atoms. The Hall–Kier alpha value is -1.61. The Morgan fingerprint density at radius 1 is 1.19 bits per heavy atom. The molecule has 0 spiro atoms. The molecule has 2 aliphatic rings. The Bertz CT molecular complexity index is 549. The van der Waals surface area contributed by atoms with Crippen molar-refractivity contribution in [3.63, 3.8) is 0 Å². The molecule has 0 amide bonds. The van der Waals surface area contributed by atoms with Crippen LogP contribution in [0.2, 0.25) is 0 Å². The highest BCUT2D eigenvalue weighted by atomic mass is 16.5. The molecule has 0 radical (unpaired) electrons. The van der Waals surface area contributed by atoms with E-state index in [9.17, 15) is 4.79 Å². The molecule has 1 fully saturated rings. The van der Waals surface area contributed by atoms with Crippen LogP contribution in [0.15, 0.2) is 42.0 Å². The fraction of sp³-hybridized carbons (Fsp3) is 0.500. The van der Waals surface area contributed by atoms with Gasteiger partial charge in [-0.3, -0.25) is 4.79 Å². The summed E-state index contributed by atoms with van der Waals surface area (Å²) in [5.74, 6) is -0.279. The van der Waals surface area contributed by atoms with Gasteiger partial charge >= 0.3 is 5.97 Å². The van der Waals surface area contributed by atoms with Gasteiger partial charge in [-0.1, -0.05) is 48.4 Å². The maximum absolute atomic E-state index is 12.4. The van der Waals surface area contributed by atoms with Gasteiger partial charge < -0.3 is 9.47 Å². The van der Waals surface area contributed by atoms with Crippen molar-refractivity contribution in [1.29, 1.82) is 0 Å². The first-order valence-corrected chi connectivity index (χ1v) is 7.63.